The summed E-state index contributed by atoms with van der Waals surface area (Å²) in [6.07, 6.45) is 0. The number of rotatable bonds is 1. The SMILES string of the molecule is COc1ccc2c(c1Cl)C(=O)NC2. The molecule has 0 fully saturated rings. The number of methoxy groups -OCH3 is 1. The number of amides is 1. The van der Waals surface area contributed by atoms with E-state index >= 15 is 0 Å². The molecule has 1 aliphatic rings. The van der Waals surface area contributed by atoms with Crippen molar-refractivity contribution in [3.63, 3.8) is 0 Å². The number of hydrogen-bond acceptors (Lipinski definition) is 2. The Morgan fingerprint density at radius 1 is 1.54 bits per heavy atom. The zero-order valence-electron chi connectivity index (χ0n) is 7.06. The summed E-state index contributed by atoms with van der Waals surface area (Å²) in [6.45, 7) is 0.553. The Morgan fingerprint density at radius 2 is 2.31 bits per heavy atom. The van der Waals surface area contributed by atoms with Gasteiger partial charge in [-0.1, -0.05) is 17.7 Å². The molecule has 0 bridgehead atoms. The van der Waals surface area contributed by atoms with Crippen LogP contribution < -0.4 is 10.1 Å². The van der Waals surface area contributed by atoms with Crippen molar-refractivity contribution in [3.8, 4) is 5.75 Å². The van der Waals surface area contributed by atoms with Crippen LogP contribution in [0.4, 0.5) is 0 Å². The minimum Gasteiger partial charge on any atom is -0.495 e. The molecule has 0 atom stereocenters. The minimum atomic E-state index is -0.126. The van der Waals surface area contributed by atoms with Gasteiger partial charge >= 0.3 is 0 Å². The van der Waals surface area contributed by atoms with Gasteiger partial charge in [0.15, 0.2) is 0 Å². The van der Waals surface area contributed by atoms with Gasteiger partial charge < -0.3 is 10.1 Å². The van der Waals surface area contributed by atoms with Crippen molar-refractivity contribution < 1.29 is 9.53 Å². The maximum atomic E-state index is 11.3. The molecule has 1 aliphatic heterocycles. The Morgan fingerprint density at radius 3 is 3.00 bits per heavy atom. The van der Waals surface area contributed by atoms with Crippen molar-refractivity contribution >= 4 is 17.5 Å². The highest BCUT2D eigenvalue weighted by Gasteiger charge is 2.23. The van der Waals surface area contributed by atoms with Gasteiger partial charge in [-0.15, -0.1) is 0 Å². The van der Waals surface area contributed by atoms with Crippen LogP contribution in [0.5, 0.6) is 5.75 Å². The van der Waals surface area contributed by atoms with Crippen LogP contribution in [0, 0.1) is 0 Å². The Balaban J connectivity index is 2.63. The average Bonchev–Trinajstić information content (AvgIpc) is 2.49. The second-order valence-electron chi connectivity index (χ2n) is 2.80. The summed E-state index contributed by atoms with van der Waals surface area (Å²) in [5.41, 5.74) is 1.47. The first-order valence-electron chi connectivity index (χ1n) is 3.87. The van der Waals surface area contributed by atoms with Gasteiger partial charge in [-0.25, -0.2) is 0 Å². The van der Waals surface area contributed by atoms with Crippen LogP contribution in [0.3, 0.4) is 0 Å². The zero-order chi connectivity index (χ0) is 9.42. The molecule has 0 aliphatic carbocycles. The maximum absolute atomic E-state index is 11.3. The Labute approximate surface area is 80.6 Å². The van der Waals surface area contributed by atoms with Gasteiger partial charge in [0.1, 0.15) is 5.75 Å². The van der Waals surface area contributed by atoms with Crippen LogP contribution >= 0.6 is 11.6 Å². The molecular formula is C9H8ClNO2. The molecule has 0 radical (unpaired) electrons. The molecular weight excluding hydrogens is 190 g/mol. The maximum Gasteiger partial charge on any atom is 0.253 e. The first-order chi connectivity index (χ1) is 6.24. The lowest BCUT2D eigenvalue weighted by atomic mass is 10.1. The van der Waals surface area contributed by atoms with Crippen molar-refractivity contribution in [2.45, 2.75) is 6.54 Å². The molecule has 1 aromatic carbocycles. The average molecular weight is 198 g/mol. The van der Waals surface area contributed by atoms with Gasteiger partial charge in [0.05, 0.1) is 17.7 Å². The molecule has 3 nitrogen and oxygen atoms in total. The lowest BCUT2D eigenvalue weighted by molar-refractivity contribution is 0.0965. The van der Waals surface area contributed by atoms with E-state index in [4.69, 9.17) is 16.3 Å². The Kier molecular flexibility index (Phi) is 1.88. The third-order valence-corrected chi connectivity index (χ3v) is 2.45. The van der Waals surface area contributed by atoms with Gasteiger partial charge in [0, 0.05) is 6.54 Å². The molecule has 68 valence electrons. The van der Waals surface area contributed by atoms with Crippen molar-refractivity contribution in [1.82, 2.24) is 5.32 Å². The summed E-state index contributed by atoms with van der Waals surface area (Å²) in [5, 5.41) is 3.10. The third-order valence-electron chi connectivity index (χ3n) is 2.08. The second-order valence-corrected chi connectivity index (χ2v) is 3.18. The van der Waals surface area contributed by atoms with E-state index in [1.54, 1.807) is 6.07 Å². The van der Waals surface area contributed by atoms with Crippen LogP contribution in [-0.4, -0.2) is 13.0 Å². The predicted molar refractivity (Wildman–Crippen MR) is 49.2 cm³/mol. The van der Waals surface area contributed by atoms with E-state index < -0.39 is 0 Å². The van der Waals surface area contributed by atoms with E-state index in [9.17, 15) is 4.79 Å². The molecule has 0 saturated carbocycles. The fourth-order valence-corrected chi connectivity index (χ4v) is 1.76. The molecule has 0 spiro atoms. The van der Waals surface area contributed by atoms with E-state index in [-0.39, 0.29) is 5.91 Å². The van der Waals surface area contributed by atoms with E-state index in [1.165, 1.54) is 7.11 Å². The molecule has 0 unspecified atom stereocenters. The number of benzene rings is 1. The van der Waals surface area contributed by atoms with E-state index in [0.717, 1.165) is 5.56 Å². The van der Waals surface area contributed by atoms with Gasteiger partial charge in [-0.3, -0.25) is 4.79 Å². The normalized spacial score (nSPS) is 13.8. The van der Waals surface area contributed by atoms with Gasteiger partial charge in [-0.2, -0.15) is 0 Å². The quantitative estimate of drug-likeness (QED) is 0.743. The Bertz CT molecular complexity index is 376. The van der Waals surface area contributed by atoms with E-state index in [2.05, 4.69) is 5.32 Å². The molecule has 1 heterocycles. The number of hydrogen-bond donors (Lipinski definition) is 1. The fraction of sp³-hybridized carbons (Fsp3) is 0.222. The number of carbonyl (C=O) groups is 1. The predicted octanol–water partition coefficient (Wildman–Crippen LogP) is 1.59. The van der Waals surface area contributed by atoms with Crippen molar-refractivity contribution in [2.75, 3.05) is 7.11 Å². The Hall–Kier alpha value is -1.22. The summed E-state index contributed by atoms with van der Waals surface area (Å²) in [6, 6.07) is 3.61. The summed E-state index contributed by atoms with van der Waals surface area (Å²) in [4.78, 5) is 11.3. The lowest BCUT2D eigenvalue weighted by Gasteiger charge is -2.05. The molecule has 1 amide bonds. The molecule has 1 aromatic rings. The van der Waals surface area contributed by atoms with Crippen LogP contribution in [0.15, 0.2) is 12.1 Å². The lowest BCUT2D eigenvalue weighted by Crippen LogP contribution is -2.12. The van der Waals surface area contributed by atoms with Gasteiger partial charge in [0.25, 0.3) is 5.91 Å². The summed E-state index contributed by atoms with van der Waals surface area (Å²) < 4.78 is 5.01. The summed E-state index contributed by atoms with van der Waals surface area (Å²) in [5.74, 6) is 0.413. The standard InChI is InChI=1S/C9H8ClNO2/c1-13-6-3-2-5-4-11-9(12)7(5)8(6)10/h2-3H,4H2,1H3,(H,11,12). The topological polar surface area (TPSA) is 38.3 Å². The van der Waals surface area contributed by atoms with E-state index in [1.807, 2.05) is 6.07 Å². The minimum absolute atomic E-state index is 0.126. The number of halogens is 1. The highest BCUT2D eigenvalue weighted by molar-refractivity contribution is 6.35. The van der Waals surface area contributed by atoms with Crippen LogP contribution in [-0.2, 0) is 6.54 Å². The van der Waals surface area contributed by atoms with Crippen LogP contribution in [0.1, 0.15) is 15.9 Å². The van der Waals surface area contributed by atoms with Gasteiger partial charge in [-0.05, 0) is 11.6 Å². The smallest absolute Gasteiger partial charge is 0.253 e. The molecule has 0 saturated heterocycles. The number of nitrogens with one attached hydrogen (secondary N) is 1. The number of ether oxygens (including phenoxy) is 1. The second kappa shape index (κ2) is 2.92. The fourth-order valence-electron chi connectivity index (χ4n) is 1.41. The molecule has 2 rings (SSSR count). The molecule has 13 heavy (non-hydrogen) atoms. The van der Waals surface area contributed by atoms with Crippen LogP contribution in [0.2, 0.25) is 5.02 Å². The number of carbonyl (C=O) groups excluding carboxylic acids is 1. The summed E-state index contributed by atoms with van der Waals surface area (Å²) >= 11 is 5.96. The van der Waals surface area contributed by atoms with E-state index in [0.29, 0.717) is 22.9 Å². The third kappa shape index (κ3) is 1.16. The van der Waals surface area contributed by atoms with Gasteiger partial charge in [0.2, 0.25) is 0 Å². The highest BCUT2D eigenvalue weighted by Crippen LogP contribution is 2.32. The first kappa shape index (κ1) is 8.38. The van der Waals surface area contributed by atoms with Crippen molar-refractivity contribution in [3.05, 3.63) is 28.3 Å². The molecule has 0 aromatic heterocycles. The largest absolute Gasteiger partial charge is 0.495 e. The number of fused-ring (bicyclic) bond motifs is 1. The summed E-state index contributed by atoms with van der Waals surface area (Å²) in [7, 11) is 1.53. The zero-order valence-corrected chi connectivity index (χ0v) is 7.81. The molecule has 1 N–H and O–H groups in total. The monoisotopic (exact) mass is 197 g/mol. The van der Waals surface area contributed by atoms with Crippen LogP contribution in [0.25, 0.3) is 0 Å². The van der Waals surface area contributed by atoms with Crippen molar-refractivity contribution in [2.24, 2.45) is 0 Å². The first-order valence-corrected chi connectivity index (χ1v) is 4.25. The molecule has 4 heteroatoms. The highest BCUT2D eigenvalue weighted by atomic mass is 35.5. The van der Waals surface area contributed by atoms with Crippen molar-refractivity contribution in [1.29, 1.82) is 0 Å².